The Labute approximate surface area is 171 Å². The van der Waals surface area contributed by atoms with Crippen LogP contribution in [0.5, 0.6) is 5.75 Å². The molecule has 0 aromatic heterocycles. The van der Waals surface area contributed by atoms with E-state index in [1.807, 2.05) is 25.1 Å². The van der Waals surface area contributed by atoms with Crippen LogP contribution in [0.2, 0.25) is 5.02 Å². The third-order valence-corrected chi connectivity index (χ3v) is 5.88. The summed E-state index contributed by atoms with van der Waals surface area (Å²) in [5.74, 6) is 0.613. The lowest BCUT2D eigenvalue weighted by Crippen LogP contribution is -2.46. The highest BCUT2D eigenvalue weighted by Crippen LogP contribution is 2.32. The summed E-state index contributed by atoms with van der Waals surface area (Å²) < 4.78 is 5.79. The molecule has 28 heavy (non-hydrogen) atoms. The second-order valence-electron chi connectivity index (χ2n) is 7.47. The number of hydrogen-bond acceptors (Lipinski definition) is 4. The van der Waals surface area contributed by atoms with E-state index in [4.69, 9.17) is 16.3 Å². The molecule has 0 bridgehead atoms. The number of piperazine rings is 1. The number of likely N-dealkylation sites (N-methyl/N-ethyl adjacent to an activating group) is 1. The highest BCUT2D eigenvalue weighted by Gasteiger charge is 2.29. The molecular formula is C22H26ClN3O2. The lowest BCUT2D eigenvalue weighted by Gasteiger charge is -2.35. The maximum absolute atomic E-state index is 12.7. The van der Waals surface area contributed by atoms with E-state index in [2.05, 4.69) is 34.2 Å². The molecule has 6 heteroatoms. The van der Waals surface area contributed by atoms with Crippen LogP contribution >= 0.6 is 11.6 Å². The van der Waals surface area contributed by atoms with E-state index in [9.17, 15) is 4.79 Å². The van der Waals surface area contributed by atoms with Crippen molar-refractivity contribution in [2.24, 2.45) is 0 Å². The molecule has 2 aliphatic rings. The molecule has 2 aromatic carbocycles. The zero-order valence-electron chi connectivity index (χ0n) is 16.4. The number of nitrogens with zero attached hydrogens (tertiary/aromatic N) is 2. The quantitative estimate of drug-likeness (QED) is 0.850. The molecule has 2 aromatic rings. The summed E-state index contributed by atoms with van der Waals surface area (Å²) in [4.78, 5) is 17.6. The van der Waals surface area contributed by atoms with Crippen molar-refractivity contribution in [1.29, 1.82) is 0 Å². The van der Waals surface area contributed by atoms with E-state index >= 15 is 0 Å². The fraction of sp³-hybridized carbons (Fsp3) is 0.409. The van der Waals surface area contributed by atoms with Crippen LogP contribution < -0.4 is 15.0 Å². The molecule has 1 amide bonds. The number of benzene rings is 2. The van der Waals surface area contributed by atoms with Gasteiger partial charge in [0.05, 0.1) is 0 Å². The SMILES string of the molecule is CCN1CCN(c2ccc(NC(=O)C3Cc4cc(Cl)ccc4O3)c(C)c2)CC1. The van der Waals surface area contributed by atoms with Gasteiger partial charge in [0.1, 0.15) is 5.75 Å². The number of carbonyl (C=O) groups excluding carboxylic acids is 1. The van der Waals surface area contributed by atoms with E-state index < -0.39 is 6.10 Å². The topological polar surface area (TPSA) is 44.8 Å². The highest BCUT2D eigenvalue weighted by atomic mass is 35.5. The summed E-state index contributed by atoms with van der Waals surface area (Å²) in [6, 6.07) is 11.7. The van der Waals surface area contributed by atoms with Gasteiger partial charge in [0, 0.05) is 49.0 Å². The molecule has 2 heterocycles. The maximum Gasteiger partial charge on any atom is 0.265 e. The summed E-state index contributed by atoms with van der Waals surface area (Å²) in [6.45, 7) is 9.61. The fourth-order valence-corrected chi connectivity index (χ4v) is 4.08. The molecule has 1 saturated heterocycles. The Morgan fingerprint density at radius 1 is 1.18 bits per heavy atom. The molecule has 1 N–H and O–H groups in total. The van der Waals surface area contributed by atoms with Crippen molar-refractivity contribution in [3.8, 4) is 5.75 Å². The molecule has 0 radical (unpaired) electrons. The van der Waals surface area contributed by atoms with Crippen molar-refractivity contribution in [2.45, 2.75) is 26.4 Å². The molecule has 2 aliphatic heterocycles. The first-order valence-electron chi connectivity index (χ1n) is 9.87. The van der Waals surface area contributed by atoms with Crippen molar-refractivity contribution in [3.63, 3.8) is 0 Å². The number of nitrogens with one attached hydrogen (secondary N) is 1. The second-order valence-corrected chi connectivity index (χ2v) is 7.91. The molecule has 148 valence electrons. The number of halogens is 1. The standard InChI is InChI=1S/C22H26ClN3O2/c1-3-25-8-10-26(11-9-25)18-5-6-19(15(2)12-18)24-22(27)21-14-16-13-17(23)4-7-20(16)28-21/h4-7,12-13,21H,3,8-11,14H2,1-2H3,(H,24,27). The smallest absolute Gasteiger partial charge is 0.265 e. The number of aryl methyl sites for hydroxylation is 1. The largest absolute Gasteiger partial charge is 0.480 e. The van der Waals surface area contributed by atoms with Gasteiger partial charge in [-0.3, -0.25) is 4.79 Å². The zero-order chi connectivity index (χ0) is 19.7. The molecular weight excluding hydrogens is 374 g/mol. The average molecular weight is 400 g/mol. The molecule has 1 atom stereocenters. The first-order chi connectivity index (χ1) is 13.5. The predicted octanol–water partition coefficient (Wildman–Crippen LogP) is 3.73. The van der Waals surface area contributed by atoms with Crippen LogP contribution in [-0.4, -0.2) is 49.6 Å². The van der Waals surface area contributed by atoms with Crippen molar-refractivity contribution >= 4 is 28.9 Å². The van der Waals surface area contributed by atoms with E-state index in [-0.39, 0.29) is 5.91 Å². The first kappa shape index (κ1) is 19.1. The Balaban J connectivity index is 1.39. The van der Waals surface area contributed by atoms with Gasteiger partial charge in [-0.05, 0) is 61.0 Å². The fourth-order valence-electron chi connectivity index (χ4n) is 3.88. The first-order valence-corrected chi connectivity index (χ1v) is 10.2. The predicted molar refractivity (Wildman–Crippen MR) is 114 cm³/mol. The van der Waals surface area contributed by atoms with Crippen LogP contribution in [0.3, 0.4) is 0 Å². The lowest BCUT2D eigenvalue weighted by molar-refractivity contribution is -0.122. The zero-order valence-corrected chi connectivity index (χ0v) is 17.1. The van der Waals surface area contributed by atoms with Crippen molar-refractivity contribution in [1.82, 2.24) is 4.90 Å². The van der Waals surface area contributed by atoms with Gasteiger partial charge in [-0.25, -0.2) is 0 Å². The minimum absolute atomic E-state index is 0.125. The molecule has 0 spiro atoms. The number of rotatable bonds is 4. The van der Waals surface area contributed by atoms with Crippen LogP contribution in [0.4, 0.5) is 11.4 Å². The van der Waals surface area contributed by atoms with Crippen LogP contribution in [0, 0.1) is 6.92 Å². The van der Waals surface area contributed by atoms with Gasteiger partial charge < -0.3 is 19.9 Å². The van der Waals surface area contributed by atoms with Gasteiger partial charge in [-0.2, -0.15) is 0 Å². The van der Waals surface area contributed by atoms with Crippen LogP contribution in [-0.2, 0) is 11.2 Å². The van der Waals surface area contributed by atoms with E-state index in [0.29, 0.717) is 11.4 Å². The minimum Gasteiger partial charge on any atom is -0.480 e. The van der Waals surface area contributed by atoms with Gasteiger partial charge in [0.25, 0.3) is 5.91 Å². The Morgan fingerprint density at radius 2 is 1.96 bits per heavy atom. The van der Waals surface area contributed by atoms with Crippen LogP contribution in [0.15, 0.2) is 36.4 Å². The number of carbonyl (C=O) groups is 1. The molecule has 0 aliphatic carbocycles. The van der Waals surface area contributed by atoms with Crippen molar-refractivity contribution in [2.75, 3.05) is 42.9 Å². The monoisotopic (exact) mass is 399 g/mol. The Hall–Kier alpha value is -2.24. The molecule has 0 saturated carbocycles. The summed E-state index contributed by atoms with van der Waals surface area (Å²) in [5, 5.41) is 3.69. The molecule has 1 fully saturated rings. The van der Waals surface area contributed by atoms with E-state index in [1.165, 1.54) is 5.69 Å². The van der Waals surface area contributed by atoms with Gasteiger partial charge in [-0.15, -0.1) is 0 Å². The van der Waals surface area contributed by atoms with E-state index in [0.717, 1.165) is 55.3 Å². The minimum atomic E-state index is -0.519. The summed E-state index contributed by atoms with van der Waals surface area (Å²) in [5.41, 5.74) is 4.08. The number of hydrogen-bond donors (Lipinski definition) is 1. The van der Waals surface area contributed by atoms with Crippen molar-refractivity contribution in [3.05, 3.63) is 52.5 Å². The van der Waals surface area contributed by atoms with Gasteiger partial charge in [0.2, 0.25) is 0 Å². The molecule has 4 rings (SSSR count). The van der Waals surface area contributed by atoms with Gasteiger partial charge in [0.15, 0.2) is 6.10 Å². The van der Waals surface area contributed by atoms with Gasteiger partial charge >= 0.3 is 0 Å². The number of anilines is 2. The maximum atomic E-state index is 12.7. The second kappa shape index (κ2) is 8.02. The Morgan fingerprint density at radius 3 is 2.68 bits per heavy atom. The summed E-state index contributed by atoms with van der Waals surface area (Å²) in [6.07, 6.45) is 0.0234. The lowest BCUT2D eigenvalue weighted by atomic mass is 10.1. The molecule has 5 nitrogen and oxygen atoms in total. The third-order valence-electron chi connectivity index (χ3n) is 5.64. The average Bonchev–Trinajstić information content (AvgIpc) is 3.13. The summed E-state index contributed by atoms with van der Waals surface area (Å²) >= 11 is 6.03. The van der Waals surface area contributed by atoms with Crippen LogP contribution in [0.25, 0.3) is 0 Å². The van der Waals surface area contributed by atoms with E-state index in [1.54, 1.807) is 6.07 Å². The highest BCUT2D eigenvalue weighted by molar-refractivity contribution is 6.30. The third kappa shape index (κ3) is 3.96. The van der Waals surface area contributed by atoms with Crippen LogP contribution in [0.1, 0.15) is 18.1 Å². The normalized spacial score (nSPS) is 19.2. The Kier molecular flexibility index (Phi) is 5.47. The van der Waals surface area contributed by atoms with Gasteiger partial charge in [-0.1, -0.05) is 18.5 Å². The number of fused-ring (bicyclic) bond motifs is 1. The number of amides is 1. The summed E-state index contributed by atoms with van der Waals surface area (Å²) in [7, 11) is 0. The van der Waals surface area contributed by atoms with Crippen molar-refractivity contribution < 1.29 is 9.53 Å². The molecule has 1 unspecified atom stereocenters. The number of ether oxygens (including phenoxy) is 1. The Bertz CT molecular complexity index is 878.